The van der Waals surface area contributed by atoms with Crippen molar-refractivity contribution >= 4 is 11.7 Å². The molecule has 0 aliphatic heterocycles. The molecule has 4 fully saturated rings. The first-order valence-corrected chi connectivity index (χ1v) is 11.5. The number of nitrogens with one attached hydrogen (secondary N) is 1. The van der Waals surface area contributed by atoms with Crippen LogP contribution in [0.15, 0.2) is 54.6 Å². The van der Waals surface area contributed by atoms with E-state index >= 15 is 0 Å². The lowest BCUT2D eigenvalue weighted by molar-refractivity contribution is -0.0524. The first-order chi connectivity index (χ1) is 14.5. The molecule has 3 heteroatoms. The molecule has 4 aliphatic rings. The molecule has 0 unspecified atom stereocenters. The van der Waals surface area contributed by atoms with Crippen molar-refractivity contribution in [1.29, 1.82) is 0 Å². The van der Waals surface area contributed by atoms with E-state index in [0.29, 0.717) is 12.0 Å². The summed E-state index contributed by atoms with van der Waals surface area (Å²) in [4.78, 5) is 25.7. The fourth-order valence-electron chi connectivity index (χ4n) is 6.86. The van der Waals surface area contributed by atoms with E-state index in [1.54, 1.807) is 12.1 Å². The van der Waals surface area contributed by atoms with Crippen molar-refractivity contribution in [1.82, 2.24) is 5.32 Å². The van der Waals surface area contributed by atoms with Crippen LogP contribution in [0.3, 0.4) is 0 Å². The van der Waals surface area contributed by atoms with Crippen LogP contribution in [-0.4, -0.2) is 11.7 Å². The predicted molar refractivity (Wildman–Crippen MR) is 118 cm³/mol. The molecular weight excluding hydrogens is 370 g/mol. The fraction of sp³-hybridized carbons (Fsp3) is 0.481. The van der Waals surface area contributed by atoms with Crippen LogP contribution in [0.25, 0.3) is 0 Å². The standard InChI is InChI=1S/C27H31NO2/c1-18(22-5-3-2-4-6-22)28-26(30)24-9-7-23(8-10-24)25(29)17-27-14-19-11-20(15-27)13-21(12-19)16-27/h2-10,18-21H,11-17H2,1H3,(H,28,30)/t18-,19?,20?,21?,27?/m1/s1. The number of rotatable bonds is 6. The Morgan fingerprint density at radius 3 is 1.97 bits per heavy atom. The van der Waals surface area contributed by atoms with Crippen molar-refractivity contribution in [3.8, 4) is 0 Å². The Kier molecular flexibility index (Phi) is 5.00. The van der Waals surface area contributed by atoms with Gasteiger partial charge in [-0.15, -0.1) is 0 Å². The lowest BCUT2D eigenvalue weighted by atomic mass is 9.48. The van der Waals surface area contributed by atoms with Gasteiger partial charge < -0.3 is 5.32 Å². The molecule has 156 valence electrons. The molecule has 1 atom stereocenters. The predicted octanol–water partition coefficient (Wildman–Crippen LogP) is 5.97. The lowest BCUT2D eigenvalue weighted by Gasteiger charge is -2.56. The molecule has 1 N–H and O–H groups in total. The summed E-state index contributed by atoms with van der Waals surface area (Å²) in [5.74, 6) is 2.73. The summed E-state index contributed by atoms with van der Waals surface area (Å²) in [7, 11) is 0. The Bertz CT molecular complexity index is 896. The summed E-state index contributed by atoms with van der Waals surface area (Å²) >= 11 is 0. The van der Waals surface area contributed by atoms with Crippen molar-refractivity contribution in [3.05, 3.63) is 71.3 Å². The minimum atomic E-state index is -0.105. The van der Waals surface area contributed by atoms with Crippen LogP contribution in [0.1, 0.15) is 84.2 Å². The van der Waals surface area contributed by atoms with E-state index in [9.17, 15) is 9.59 Å². The molecule has 30 heavy (non-hydrogen) atoms. The molecule has 0 aromatic heterocycles. The second-order valence-corrected chi connectivity index (χ2v) is 10.2. The molecule has 0 spiro atoms. The number of hydrogen-bond donors (Lipinski definition) is 1. The molecule has 2 aromatic carbocycles. The van der Waals surface area contributed by atoms with Crippen LogP contribution in [0.5, 0.6) is 0 Å². The Morgan fingerprint density at radius 1 is 0.867 bits per heavy atom. The largest absolute Gasteiger partial charge is 0.346 e. The minimum absolute atomic E-state index is 0.0592. The maximum Gasteiger partial charge on any atom is 0.251 e. The fourth-order valence-corrected chi connectivity index (χ4v) is 6.86. The number of ketones is 1. The third kappa shape index (κ3) is 3.82. The molecule has 0 saturated heterocycles. The van der Waals surface area contributed by atoms with Gasteiger partial charge in [-0.2, -0.15) is 0 Å². The molecule has 1 amide bonds. The highest BCUT2D eigenvalue weighted by atomic mass is 16.1. The van der Waals surface area contributed by atoms with Gasteiger partial charge in [0.2, 0.25) is 0 Å². The van der Waals surface area contributed by atoms with Crippen molar-refractivity contribution in [2.24, 2.45) is 23.2 Å². The lowest BCUT2D eigenvalue weighted by Crippen LogP contribution is -2.46. The van der Waals surface area contributed by atoms with E-state index in [1.807, 2.05) is 49.4 Å². The molecule has 4 bridgehead atoms. The summed E-state index contributed by atoms with van der Waals surface area (Å²) in [5, 5.41) is 3.04. The van der Waals surface area contributed by atoms with Crippen molar-refractivity contribution in [3.63, 3.8) is 0 Å². The Balaban J connectivity index is 1.23. The second kappa shape index (κ2) is 7.68. The third-order valence-electron chi connectivity index (χ3n) is 7.82. The van der Waals surface area contributed by atoms with Crippen molar-refractivity contribution < 1.29 is 9.59 Å². The average Bonchev–Trinajstić information content (AvgIpc) is 2.73. The summed E-state index contributed by atoms with van der Waals surface area (Å²) in [6.45, 7) is 1.98. The van der Waals surface area contributed by atoms with Gasteiger partial charge in [-0.05, 0) is 86.3 Å². The van der Waals surface area contributed by atoms with Gasteiger partial charge in [-0.25, -0.2) is 0 Å². The van der Waals surface area contributed by atoms with E-state index in [0.717, 1.165) is 28.9 Å². The minimum Gasteiger partial charge on any atom is -0.346 e. The SMILES string of the molecule is C[C@@H](NC(=O)c1ccc(C(=O)CC23CC4CC(CC(C4)C2)C3)cc1)c1ccccc1. The topological polar surface area (TPSA) is 46.2 Å². The Labute approximate surface area is 179 Å². The normalized spacial score (nSPS) is 30.1. The molecule has 4 saturated carbocycles. The van der Waals surface area contributed by atoms with Crippen molar-refractivity contribution in [2.45, 2.75) is 57.9 Å². The molecule has 2 aromatic rings. The summed E-state index contributed by atoms with van der Waals surface area (Å²) in [5.41, 5.74) is 2.68. The number of benzene rings is 2. The zero-order valence-corrected chi connectivity index (χ0v) is 17.8. The highest BCUT2D eigenvalue weighted by Crippen LogP contribution is 2.61. The molecule has 4 aliphatic carbocycles. The van der Waals surface area contributed by atoms with Gasteiger partial charge in [0, 0.05) is 17.5 Å². The van der Waals surface area contributed by atoms with Gasteiger partial charge in [-0.1, -0.05) is 42.5 Å². The second-order valence-electron chi connectivity index (χ2n) is 10.2. The molecule has 6 rings (SSSR count). The average molecular weight is 402 g/mol. The van der Waals surface area contributed by atoms with Gasteiger partial charge in [0.1, 0.15) is 0 Å². The van der Waals surface area contributed by atoms with Gasteiger partial charge >= 0.3 is 0 Å². The Hall–Kier alpha value is -2.42. The highest BCUT2D eigenvalue weighted by molar-refractivity contribution is 5.99. The van der Waals surface area contributed by atoms with Gasteiger partial charge in [-0.3, -0.25) is 9.59 Å². The van der Waals surface area contributed by atoms with Crippen molar-refractivity contribution in [2.75, 3.05) is 0 Å². The van der Waals surface area contributed by atoms with Crippen LogP contribution in [0.4, 0.5) is 0 Å². The van der Waals surface area contributed by atoms with Gasteiger partial charge in [0.05, 0.1) is 6.04 Å². The third-order valence-corrected chi connectivity index (χ3v) is 7.82. The molecule has 0 heterocycles. The number of hydrogen-bond acceptors (Lipinski definition) is 2. The van der Waals surface area contributed by atoms with Crippen LogP contribution in [0, 0.1) is 23.2 Å². The number of carbonyl (C=O) groups is 2. The Morgan fingerprint density at radius 2 is 1.40 bits per heavy atom. The monoisotopic (exact) mass is 401 g/mol. The maximum absolute atomic E-state index is 13.1. The molecule has 3 nitrogen and oxygen atoms in total. The van der Waals surface area contributed by atoms with E-state index < -0.39 is 0 Å². The molecule has 0 radical (unpaired) electrons. The van der Waals surface area contributed by atoms with Crippen LogP contribution >= 0.6 is 0 Å². The zero-order chi connectivity index (χ0) is 20.7. The maximum atomic E-state index is 13.1. The first kappa shape index (κ1) is 19.5. The smallest absolute Gasteiger partial charge is 0.251 e. The summed E-state index contributed by atoms with van der Waals surface area (Å²) in [6, 6.07) is 17.1. The first-order valence-electron chi connectivity index (χ1n) is 11.5. The van der Waals surface area contributed by atoms with Crippen LogP contribution in [-0.2, 0) is 0 Å². The van der Waals surface area contributed by atoms with E-state index in [-0.39, 0.29) is 23.1 Å². The summed E-state index contributed by atoms with van der Waals surface area (Å²) in [6.07, 6.45) is 8.65. The van der Waals surface area contributed by atoms with E-state index in [1.165, 1.54) is 38.5 Å². The van der Waals surface area contributed by atoms with Crippen LogP contribution in [0.2, 0.25) is 0 Å². The van der Waals surface area contributed by atoms with E-state index in [2.05, 4.69) is 5.32 Å². The zero-order valence-electron chi connectivity index (χ0n) is 17.8. The van der Waals surface area contributed by atoms with Crippen LogP contribution < -0.4 is 5.32 Å². The molecular formula is C27H31NO2. The highest BCUT2D eigenvalue weighted by Gasteiger charge is 2.51. The number of carbonyl (C=O) groups excluding carboxylic acids is 2. The van der Waals surface area contributed by atoms with E-state index in [4.69, 9.17) is 0 Å². The number of Topliss-reactive ketones (excluding diaryl/α,β-unsaturated/α-hetero) is 1. The quantitative estimate of drug-likeness (QED) is 0.606. The van der Waals surface area contributed by atoms with Gasteiger partial charge in [0.25, 0.3) is 5.91 Å². The number of amides is 1. The summed E-state index contributed by atoms with van der Waals surface area (Å²) < 4.78 is 0. The van der Waals surface area contributed by atoms with Gasteiger partial charge in [0.15, 0.2) is 5.78 Å².